The van der Waals surface area contributed by atoms with Crippen LogP contribution in [0, 0.1) is 29.1 Å². The lowest BCUT2D eigenvalue weighted by Crippen LogP contribution is -2.64. The van der Waals surface area contributed by atoms with Gasteiger partial charge in [-0.25, -0.2) is 0 Å². The molecule has 4 aliphatic carbocycles. The minimum atomic E-state index is -3.33. The molecule has 0 radical (unpaired) electrons. The molecule has 0 aliphatic heterocycles. The summed E-state index contributed by atoms with van der Waals surface area (Å²) in [7, 11) is 0. The van der Waals surface area contributed by atoms with Crippen LogP contribution < -0.4 is 5.26 Å². The van der Waals surface area contributed by atoms with Crippen LogP contribution in [0.3, 0.4) is 0 Å². The third-order valence-corrected chi connectivity index (χ3v) is 6.90. The van der Waals surface area contributed by atoms with E-state index < -0.39 is 17.5 Å². The van der Waals surface area contributed by atoms with Gasteiger partial charge >= 0.3 is 5.25 Å². The van der Waals surface area contributed by atoms with Crippen LogP contribution in [0.25, 0.3) is 0 Å². The van der Waals surface area contributed by atoms with E-state index in [9.17, 15) is 19.1 Å². The second-order valence-corrected chi connectivity index (χ2v) is 9.14. The maximum Gasteiger partial charge on any atom is 0.343 e. The Morgan fingerprint density at radius 2 is 1.88 bits per heavy atom. The summed E-state index contributed by atoms with van der Waals surface area (Å²) in [5.41, 5.74) is -0.728. The van der Waals surface area contributed by atoms with E-state index in [0.717, 1.165) is 32.1 Å². The molecule has 0 saturated heterocycles. The topological polar surface area (TPSA) is 71.0 Å². The molecule has 2 atom stereocenters. The molecular weight excluding hydrogens is 342 g/mol. The van der Waals surface area contributed by atoms with E-state index in [-0.39, 0.29) is 41.8 Å². The van der Waals surface area contributed by atoms with Crippen molar-refractivity contribution in [3.63, 3.8) is 0 Å². The van der Waals surface area contributed by atoms with Crippen LogP contribution in [0.15, 0.2) is 0 Å². The van der Waals surface area contributed by atoms with Gasteiger partial charge < -0.3 is 15.1 Å². The van der Waals surface area contributed by atoms with Crippen molar-refractivity contribution in [3.05, 3.63) is 0 Å². The van der Waals surface area contributed by atoms with Gasteiger partial charge in [0.15, 0.2) is 0 Å². The molecule has 4 aliphatic rings. The zero-order valence-corrected chi connectivity index (χ0v) is 14.8. The summed E-state index contributed by atoms with van der Waals surface area (Å²) >= 11 is -0.334. The Morgan fingerprint density at radius 3 is 2.42 bits per heavy atom. The summed E-state index contributed by atoms with van der Waals surface area (Å²) in [6, 6.07) is 0. The number of aliphatic hydroxyl groups is 1. The van der Waals surface area contributed by atoms with Crippen LogP contribution in [0.4, 0.5) is 8.78 Å². The average molecular weight is 367 g/mol. The summed E-state index contributed by atoms with van der Waals surface area (Å²) in [6.45, 7) is 3.58. The molecule has 4 bridgehead atoms. The van der Waals surface area contributed by atoms with Crippen LogP contribution in [0.1, 0.15) is 46.0 Å². The van der Waals surface area contributed by atoms with Crippen LogP contribution in [-0.2, 0) is 14.1 Å². The second-order valence-electron chi connectivity index (χ2n) is 8.24. The highest BCUT2D eigenvalue weighted by atomic mass is 32.2. The van der Waals surface area contributed by atoms with Gasteiger partial charge in [-0.3, -0.25) is 5.04 Å². The smallest absolute Gasteiger partial charge is 0.343 e. The lowest BCUT2D eigenvalue weighted by atomic mass is 9.43. The summed E-state index contributed by atoms with van der Waals surface area (Å²) < 4.78 is 35.9. The largest absolute Gasteiger partial charge is 0.691 e. The van der Waals surface area contributed by atoms with Crippen LogP contribution >= 0.6 is 12.0 Å². The highest BCUT2D eigenvalue weighted by Crippen LogP contribution is 2.65. The molecule has 0 spiro atoms. The second kappa shape index (κ2) is 6.63. The van der Waals surface area contributed by atoms with Crippen molar-refractivity contribution in [1.82, 2.24) is 0 Å². The molecule has 8 heteroatoms. The lowest BCUT2D eigenvalue weighted by Gasteiger charge is -2.64. The third-order valence-electron chi connectivity index (χ3n) is 6.41. The first-order valence-corrected chi connectivity index (χ1v) is 9.27. The Bertz CT molecular complexity index is 446. The predicted molar refractivity (Wildman–Crippen MR) is 81.3 cm³/mol. The van der Waals surface area contributed by atoms with E-state index in [4.69, 9.17) is 4.74 Å². The molecule has 24 heavy (non-hydrogen) atoms. The number of hydrogen-bond donors (Lipinski definition) is 1. The summed E-state index contributed by atoms with van der Waals surface area (Å²) in [5.74, 6) is 1.24. The van der Waals surface area contributed by atoms with Gasteiger partial charge in [-0.15, -0.1) is 0 Å². The SMILES string of the molecule is CC(C)C1(O)C2CC3CC1CC(COCC(F)(F)SOO[O-])(C3)C2. The molecule has 4 saturated carbocycles. The maximum absolute atomic E-state index is 13.5. The lowest BCUT2D eigenvalue weighted by molar-refractivity contribution is -0.777. The van der Waals surface area contributed by atoms with Crippen molar-refractivity contribution < 1.29 is 33.3 Å². The summed E-state index contributed by atoms with van der Waals surface area (Å²) in [4.78, 5) is 0. The minimum absolute atomic E-state index is 0.103. The number of rotatable bonds is 8. The Balaban J connectivity index is 1.60. The Labute approximate surface area is 145 Å². The third kappa shape index (κ3) is 3.33. The standard InChI is InChI=1S/C16H26F2O5S/c1-10(2)16(19)12-3-11-4-13(16)7-14(5-11,6-12)8-21-9-15(17,18)24-23-22-20/h10-13,19-20H,3-9H2,1-2H3/p-1. The number of ether oxygens (including phenoxy) is 1. The van der Waals surface area contributed by atoms with Crippen molar-refractivity contribution in [2.45, 2.75) is 56.8 Å². The van der Waals surface area contributed by atoms with E-state index >= 15 is 0 Å². The average Bonchev–Trinajstić information content (AvgIpc) is 2.49. The number of hydrogen-bond acceptors (Lipinski definition) is 6. The molecule has 2 unspecified atom stereocenters. The molecule has 0 heterocycles. The molecule has 1 N–H and O–H groups in total. The Morgan fingerprint density at radius 1 is 1.25 bits per heavy atom. The fourth-order valence-electron chi connectivity index (χ4n) is 5.77. The van der Waals surface area contributed by atoms with E-state index in [0.29, 0.717) is 5.92 Å². The van der Waals surface area contributed by atoms with Crippen molar-refractivity contribution in [3.8, 4) is 0 Å². The number of alkyl halides is 2. The first-order chi connectivity index (χ1) is 11.2. The molecule has 0 amide bonds. The Hall–Kier alpha value is 0.01000. The van der Waals surface area contributed by atoms with Gasteiger partial charge in [-0.2, -0.15) is 13.1 Å². The fraction of sp³-hybridized carbons (Fsp3) is 1.00. The summed E-state index contributed by atoms with van der Waals surface area (Å²) in [6.07, 6.45) is 4.75. The highest BCUT2D eigenvalue weighted by molar-refractivity contribution is 7.95. The molecule has 5 nitrogen and oxygen atoms in total. The minimum Gasteiger partial charge on any atom is -0.691 e. The zero-order valence-electron chi connectivity index (χ0n) is 14.0. The Kier molecular flexibility index (Phi) is 5.19. The van der Waals surface area contributed by atoms with Crippen molar-refractivity contribution >= 4 is 12.0 Å². The molecule has 0 aromatic carbocycles. The van der Waals surface area contributed by atoms with Gasteiger partial charge in [0.05, 0.1) is 12.2 Å². The van der Waals surface area contributed by atoms with E-state index in [1.807, 2.05) is 0 Å². The predicted octanol–water partition coefficient (Wildman–Crippen LogP) is 2.68. The van der Waals surface area contributed by atoms with Gasteiger partial charge in [0.2, 0.25) is 0 Å². The monoisotopic (exact) mass is 367 g/mol. The van der Waals surface area contributed by atoms with Crippen molar-refractivity contribution in [2.75, 3.05) is 13.2 Å². The molecule has 0 aromatic rings. The van der Waals surface area contributed by atoms with Crippen LogP contribution in [0.5, 0.6) is 0 Å². The van der Waals surface area contributed by atoms with Crippen molar-refractivity contribution in [2.24, 2.45) is 29.1 Å². The maximum atomic E-state index is 13.5. The first kappa shape index (κ1) is 18.8. The summed E-state index contributed by atoms with van der Waals surface area (Å²) in [5, 5.41) is 20.5. The molecule has 0 aromatic heterocycles. The highest BCUT2D eigenvalue weighted by Gasteiger charge is 2.62. The zero-order chi connectivity index (χ0) is 17.6. The normalized spacial score (nSPS) is 41.4. The molecule has 4 fully saturated rings. The van der Waals surface area contributed by atoms with E-state index in [2.05, 4.69) is 23.2 Å². The van der Waals surface area contributed by atoms with Gasteiger partial charge in [-0.05, 0) is 61.2 Å². The van der Waals surface area contributed by atoms with Gasteiger partial charge in [0.25, 0.3) is 0 Å². The van der Waals surface area contributed by atoms with Crippen LogP contribution in [0.2, 0.25) is 0 Å². The quantitative estimate of drug-likeness (QED) is 0.404. The van der Waals surface area contributed by atoms with Gasteiger partial charge in [0, 0.05) is 0 Å². The number of halogens is 2. The van der Waals surface area contributed by atoms with E-state index in [1.54, 1.807) is 0 Å². The van der Waals surface area contributed by atoms with Crippen LogP contribution in [-0.4, -0.2) is 29.2 Å². The van der Waals surface area contributed by atoms with Crippen molar-refractivity contribution in [1.29, 1.82) is 0 Å². The fourth-order valence-corrected chi connectivity index (χ4v) is 6.03. The molecule has 4 rings (SSSR count). The van der Waals surface area contributed by atoms with Gasteiger partial charge in [0.1, 0.15) is 18.6 Å². The molecule has 140 valence electrons. The van der Waals surface area contributed by atoms with Gasteiger partial charge in [-0.1, -0.05) is 13.8 Å². The first-order valence-electron chi connectivity index (χ1n) is 8.53. The van der Waals surface area contributed by atoms with E-state index in [1.165, 1.54) is 0 Å². The molecular formula is C16H25F2O5S-.